The molecule has 2 aromatic carbocycles. The largest absolute Gasteiger partial charge is 0.322 e. The van der Waals surface area contributed by atoms with Crippen molar-refractivity contribution in [3.8, 4) is 0 Å². The topological polar surface area (TPSA) is 72.2 Å². The molecule has 0 unspecified atom stereocenters. The van der Waals surface area contributed by atoms with E-state index in [1.54, 1.807) is 28.8 Å². The first-order valence-corrected chi connectivity index (χ1v) is 9.97. The predicted molar refractivity (Wildman–Crippen MR) is 111 cm³/mol. The summed E-state index contributed by atoms with van der Waals surface area (Å²) >= 11 is 1.43. The van der Waals surface area contributed by atoms with E-state index in [9.17, 15) is 9.18 Å². The average Bonchev–Trinajstić information content (AvgIpc) is 3.10. The van der Waals surface area contributed by atoms with Crippen LogP contribution in [-0.2, 0) is 5.75 Å². The molecule has 6 nitrogen and oxygen atoms in total. The standard InChI is InChI=1S/C21H18FN5OS/c1-13-10-14(2)27-20(23-13)25-21(26-27)29-12-15-6-3-4-9-18(15)19(28)24-17-8-5-7-16(22)11-17/h3-11H,12H2,1-2H3,(H,24,28). The van der Waals surface area contributed by atoms with E-state index in [2.05, 4.69) is 20.4 Å². The minimum atomic E-state index is -0.399. The van der Waals surface area contributed by atoms with Gasteiger partial charge in [-0.3, -0.25) is 4.79 Å². The van der Waals surface area contributed by atoms with Gasteiger partial charge in [0.05, 0.1) is 0 Å². The van der Waals surface area contributed by atoms with Crippen molar-refractivity contribution in [3.05, 3.63) is 82.9 Å². The summed E-state index contributed by atoms with van der Waals surface area (Å²) in [4.78, 5) is 21.5. The number of benzene rings is 2. The number of thioether (sulfide) groups is 1. The van der Waals surface area contributed by atoms with E-state index in [1.165, 1.54) is 23.9 Å². The first-order chi connectivity index (χ1) is 14.0. The van der Waals surface area contributed by atoms with E-state index in [1.807, 2.05) is 32.0 Å². The minimum absolute atomic E-state index is 0.289. The van der Waals surface area contributed by atoms with Crippen LogP contribution in [0.25, 0.3) is 5.78 Å². The van der Waals surface area contributed by atoms with Crippen molar-refractivity contribution in [3.63, 3.8) is 0 Å². The molecular weight excluding hydrogens is 389 g/mol. The molecule has 0 aliphatic rings. The Kier molecular flexibility index (Phi) is 5.26. The molecule has 2 heterocycles. The molecule has 0 aliphatic carbocycles. The lowest BCUT2D eigenvalue weighted by Gasteiger charge is -2.09. The molecule has 1 amide bonds. The van der Waals surface area contributed by atoms with Crippen molar-refractivity contribution in [2.24, 2.45) is 0 Å². The Balaban J connectivity index is 1.53. The van der Waals surface area contributed by atoms with E-state index in [0.29, 0.717) is 27.9 Å². The lowest BCUT2D eigenvalue weighted by atomic mass is 10.1. The second-order valence-corrected chi connectivity index (χ2v) is 7.50. The fraction of sp³-hybridized carbons (Fsp3) is 0.143. The normalized spacial score (nSPS) is 11.0. The zero-order valence-corrected chi connectivity index (χ0v) is 16.7. The second kappa shape index (κ2) is 8.00. The zero-order chi connectivity index (χ0) is 20.4. The van der Waals surface area contributed by atoms with Crippen LogP contribution in [0.3, 0.4) is 0 Å². The minimum Gasteiger partial charge on any atom is -0.322 e. The monoisotopic (exact) mass is 407 g/mol. The van der Waals surface area contributed by atoms with Crippen molar-refractivity contribution < 1.29 is 9.18 Å². The van der Waals surface area contributed by atoms with Gasteiger partial charge in [0.1, 0.15) is 5.82 Å². The summed E-state index contributed by atoms with van der Waals surface area (Å²) in [5, 5.41) is 7.81. The van der Waals surface area contributed by atoms with Crippen LogP contribution < -0.4 is 5.32 Å². The molecule has 1 N–H and O–H groups in total. The number of carbonyl (C=O) groups is 1. The molecule has 4 rings (SSSR count). The van der Waals surface area contributed by atoms with Gasteiger partial charge in [-0.1, -0.05) is 36.0 Å². The molecule has 146 valence electrons. The van der Waals surface area contributed by atoms with Crippen LogP contribution in [0.1, 0.15) is 27.3 Å². The number of aromatic nitrogens is 4. The highest BCUT2D eigenvalue weighted by Crippen LogP contribution is 2.23. The summed E-state index contributed by atoms with van der Waals surface area (Å²) in [6.07, 6.45) is 0. The highest BCUT2D eigenvalue weighted by Gasteiger charge is 2.14. The van der Waals surface area contributed by atoms with Crippen molar-refractivity contribution in [2.75, 3.05) is 5.32 Å². The number of carbonyl (C=O) groups excluding carboxylic acids is 1. The first kappa shape index (κ1) is 19.1. The maximum atomic E-state index is 13.4. The van der Waals surface area contributed by atoms with Gasteiger partial charge < -0.3 is 5.32 Å². The van der Waals surface area contributed by atoms with Gasteiger partial charge in [0, 0.05) is 28.4 Å². The zero-order valence-electron chi connectivity index (χ0n) is 15.9. The van der Waals surface area contributed by atoms with Gasteiger partial charge in [-0.2, -0.15) is 4.98 Å². The van der Waals surface area contributed by atoms with Gasteiger partial charge in [0.2, 0.25) is 5.16 Å². The molecule has 0 saturated heterocycles. The SMILES string of the molecule is Cc1cc(C)n2nc(SCc3ccccc3C(=O)Nc3cccc(F)c3)nc2n1. The van der Waals surface area contributed by atoms with Crippen LogP contribution in [0.4, 0.5) is 10.1 Å². The fourth-order valence-electron chi connectivity index (χ4n) is 2.98. The summed E-state index contributed by atoms with van der Waals surface area (Å²) < 4.78 is 15.1. The predicted octanol–water partition coefficient (Wildman–Crippen LogP) is 4.42. The number of hydrogen-bond acceptors (Lipinski definition) is 5. The molecule has 0 atom stereocenters. The van der Waals surface area contributed by atoms with Crippen LogP contribution >= 0.6 is 11.8 Å². The summed E-state index contributed by atoms with van der Waals surface area (Å²) in [7, 11) is 0. The smallest absolute Gasteiger partial charge is 0.255 e. The second-order valence-electron chi connectivity index (χ2n) is 6.56. The lowest BCUT2D eigenvalue weighted by molar-refractivity contribution is 0.102. The van der Waals surface area contributed by atoms with Crippen LogP contribution in [0.2, 0.25) is 0 Å². The van der Waals surface area contributed by atoms with E-state index >= 15 is 0 Å². The third kappa shape index (κ3) is 4.27. The third-order valence-electron chi connectivity index (χ3n) is 4.30. The molecule has 0 radical (unpaired) electrons. The number of aryl methyl sites for hydroxylation is 2. The summed E-state index contributed by atoms with van der Waals surface area (Å²) in [6.45, 7) is 3.87. The fourth-order valence-corrected chi connectivity index (χ4v) is 3.81. The van der Waals surface area contributed by atoms with Crippen LogP contribution in [0, 0.1) is 19.7 Å². The molecule has 8 heteroatoms. The van der Waals surface area contributed by atoms with Crippen molar-refractivity contribution >= 4 is 29.1 Å². The Morgan fingerprint density at radius 3 is 2.76 bits per heavy atom. The molecule has 4 aromatic rings. The van der Waals surface area contributed by atoms with Gasteiger partial charge in [-0.05, 0) is 49.7 Å². The Bertz CT molecular complexity index is 1210. The molecule has 2 aromatic heterocycles. The maximum absolute atomic E-state index is 13.4. The lowest BCUT2D eigenvalue weighted by Crippen LogP contribution is -2.14. The summed E-state index contributed by atoms with van der Waals surface area (Å²) in [5.41, 5.74) is 3.63. The van der Waals surface area contributed by atoms with E-state index in [0.717, 1.165) is 17.0 Å². The molecule has 0 bridgehead atoms. The Labute approximate surface area is 171 Å². The quantitative estimate of drug-likeness (QED) is 0.496. The number of halogens is 1. The van der Waals surface area contributed by atoms with Gasteiger partial charge in [-0.15, -0.1) is 5.10 Å². The summed E-state index contributed by atoms with van der Waals surface area (Å²) in [5.74, 6) is 0.385. The van der Waals surface area contributed by atoms with Crippen LogP contribution in [-0.4, -0.2) is 25.5 Å². The number of rotatable bonds is 5. The Morgan fingerprint density at radius 1 is 1.10 bits per heavy atom. The highest BCUT2D eigenvalue weighted by molar-refractivity contribution is 7.98. The van der Waals surface area contributed by atoms with E-state index in [-0.39, 0.29) is 5.91 Å². The van der Waals surface area contributed by atoms with Crippen molar-refractivity contribution in [1.29, 1.82) is 0 Å². The number of fused-ring (bicyclic) bond motifs is 1. The molecule has 0 fully saturated rings. The van der Waals surface area contributed by atoms with Crippen LogP contribution in [0.5, 0.6) is 0 Å². The van der Waals surface area contributed by atoms with Crippen LogP contribution in [0.15, 0.2) is 59.8 Å². The number of anilines is 1. The van der Waals surface area contributed by atoms with Crippen molar-refractivity contribution in [1.82, 2.24) is 19.6 Å². The van der Waals surface area contributed by atoms with E-state index < -0.39 is 5.82 Å². The van der Waals surface area contributed by atoms with Gasteiger partial charge in [0.15, 0.2) is 0 Å². The molecule has 0 aliphatic heterocycles. The number of amides is 1. The third-order valence-corrected chi connectivity index (χ3v) is 5.19. The van der Waals surface area contributed by atoms with Gasteiger partial charge in [0.25, 0.3) is 11.7 Å². The van der Waals surface area contributed by atoms with Gasteiger partial charge >= 0.3 is 0 Å². The molecule has 0 spiro atoms. The Morgan fingerprint density at radius 2 is 1.93 bits per heavy atom. The van der Waals surface area contributed by atoms with Crippen molar-refractivity contribution in [2.45, 2.75) is 24.8 Å². The van der Waals surface area contributed by atoms with Gasteiger partial charge in [-0.25, -0.2) is 13.9 Å². The molecular formula is C21H18FN5OS. The molecule has 0 saturated carbocycles. The Hall–Kier alpha value is -3.26. The first-order valence-electron chi connectivity index (χ1n) is 8.98. The van der Waals surface area contributed by atoms with E-state index in [4.69, 9.17) is 0 Å². The highest BCUT2D eigenvalue weighted by atomic mass is 32.2. The number of nitrogens with zero attached hydrogens (tertiary/aromatic N) is 4. The summed E-state index contributed by atoms with van der Waals surface area (Å²) in [6, 6.07) is 15.1. The number of hydrogen-bond donors (Lipinski definition) is 1. The number of nitrogens with one attached hydrogen (secondary N) is 1. The average molecular weight is 407 g/mol. The maximum Gasteiger partial charge on any atom is 0.255 e. The molecule has 29 heavy (non-hydrogen) atoms.